The molecule has 0 spiro atoms. The molecule has 0 aromatic rings. The fraction of sp³-hybridized carbons (Fsp3) is 1.00. The Labute approximate surface area is 96.9 Å². The summed E-state index contributed by atoms with van der Waals surface area (Å²) in [6.45, 7) is 3.97. The van der Waals surface area contributed by atoms with Crippen LogP contribution in [0.4, 0.5) is 0 Å². The first-order valence-corrected chi connectivity index (χ1v) is 8.01. The number of nitrogens with one attached hydrogen (secondary N) is 1. The molecular weight excluding hydrogens is 234 g/mol. The second-order valence-corrected chi connectivity index (χ2v) is 6.62. The van der Waals surface area contributed by atoms with Crippen LogP contribution in [0, 0.1) is 0 Å². The summed E-state index contributed by atoms with van der Waals surface area (Å²) in [5.41, 5.74) is 0. The number of sulfonamides is 1. The predicted octanol–water partition coefficient (Wildman–Crippen LogP) is 0.820. The minimum atomic E-state index is -3.16. The van der Waals surface area contributed by atoms with Gasteiger partial charge in [-0.1, -0.05) is 6.92 Å². The van der Waals surface area contributed by atoms with Crippen LogP contribution in [-0.4, -0.2) is 43.4 Å². The average molecular weight is 255 g/mol. The van der Waals surface area contributed by atoms with Crippen molar-refractivity contribution < 1.29 is 13.5 Å². The van der Waals surface area contributed by atoms with Crippen molar-refractivity contribution in [1.29, 1.82) is 0 Å². The highest BCUT2D eigenvalue weighted by Gasteiger charge is 2.13. The van der Waals surface area contributed by atoms with Crippen LogP contribution in [0.3, 0.4) is 0 Å². The maximum absolute atomic E-state index is 11.5. The Kier molecular flexibility index (Phi) is 8.50. The van der Waals surface area contributed by atoms with Crippen molar-refractivity contribution in [3.63, 3.8) is 0 Å². The fourth-order valence-electron chi connectivity index (χ4n) is 1.10. The fourth-order valence-corrected chi connectivity index (χ4v) is 3.27. The van der Waals surface area contributed by atoms with Gasteiger partial charge in [0.05, 0.1) is 5.75 Å². The molecule has 0 bridgehead atoms. The molecule has 0 radical (unpaired) electrons. The van der Waals surface area contributed by atoms with E-state index in [2.05, 4.69) is 4.72 Å². The third-order valence-corrected chi connectivity index (χ3v) is 4.51. The molecule has 0 rings (SSSR count). The molecule has 0 amide bonds. The highest BCUT2D eigenvalue weighted by atomic mass is 32.2. The molecule has 0 aliphatic heterocycles. The number of hydrogen-bond acceptors (Lipinski definition) is 4. The van der Waals surface area contributed by atoms with Gasteiger partial charge in [-0.2, -0.15) is 11.8 Å². The van der Waals surface area contributed by atoms with Crippen LogP contribution >= 0.6 is 11.8 Å². The van der Waals surface area contributed by atoms with Crippen LogP contribution < -0.4 is 4.72 Å². The van der Waals surface area contributed by atoms with Crippen LogP contribution in [0.5, 0.6) is 0 Å². The van der Waals surface area contributed by atoms with Crippen LogP contribution in [0.1, 0.15) is 26.7 Å². The van der Waals surface area contributed by atoms with Crippen LogP contribution in [0.25, 0.3) is 0 Å². The lowest BCUT2D eigenvalue weighted by Gasteiger charge is -2.13. The molecule has 1 atom stereocenters. The second-order valence-electron chi connectivity index (χ2n) is 3.43. The molecule has 0 heterocycles. The first-order chi connectivity index (χ1) is 7.02. The van der Waals surface area contributed by atoms with Crippen molar-refractivity contribution in [3.8, 4) is 0 Å². The zero-order chi connectivity index (χ0) is 11.7. The first kappa shape index (κ1) is 15.2. The van der Waals surface area contributed by atoms with Gasteiger partial charge in [0.2, 0.25) is 10.0 Å². The standard InChI is InChI=1S/C9H21NO3S2/c1-3-14-8-9(2)10-15(12,13)7-5-4-6-11/h9-11H,3-8H2,1-2H3. The van der Waals surface area contributed by atoms with Crippen molar-refractivity contribution in [2.45, 2.75) is 32.7 Å². The molecule has 0 fully saturated rings. The second kappa shape index (κ2) is 8.38. The number of thioether (sulfide) groups is 1. The summed E-state index contributed by atoms with van der Waals surface area (Å²) < 4.78 is 25.6. The molecule has 1 unspecified atom stereocenters. The molecule has 0 aromatic carbocycles. The van der Waals surface area contributed by atoms with Gasteiger partial charge >= 0.3 is 0 Å². The molecule has 6 heteroatoms. The van der Waals surface area contributed by atoms with E-state index in [1.165, 1.54) is 0 Å². The van der Waals surface area contributed by atoms with Crippen molar-refractivity contribution in [2.75, 3.05) is 23.9 Å². The van der Waals surface area contributed by atoms with E-state index in [9.17, 15) is 8.42 Å². The SMILES string of the molecule is CCSCC(C)NS(=O)(=O)CCCCO. The molecule has 0 aliphatic carbocycles. The van der Waals surface area contributed by atoms with E-state index < -0.39 is 10.0 Å². The quantitative estimate of drug-likeness (QED) is 0.599. The van der Waals surface area contributed by atoms with Gasteiger partial charge in [-0.25, -0.2) is 13.1 Å². The van der Waals surface area contributed by atoms with Crippen LogP contribution in [-0.2, 0) is 10.0 Å². The lowest BCUT2D eigenvalue weighted by molar-refractivity contribution is 0.287. The largest absolute Gasteiger partial charge is 0.396 e. The molecule has 0 aromatic heterocycles. The molecular formula is C9H21NO3S2. The Morgan fingerprint density at radius 1 is 1.40 bits per heavy atom. The number of unbranched alkanes of at least 4 members (excludes halogenated alkanes) is 1. The molecule has 0 aliphatic rings. The summed E-state index contributed by atoms with van der Waals surface area (Å²) in [6, 6.07) is -0.0194. The Morgan fingerprint density at radius 2 is 2.07 bits per heavy atom. The van der Waals surface area contributed by atoms with Gasteiger partial charge in [-0.3, -0.25) is 0 Å². The van der Waals surface area contributed by atoms with Crippen molar-refractivity contribution >= 4 is 21.8 Å². The van der Waals surface area contributed by atoms with E-state index in [4.69, 9.17) is 5.11 Å². The van der Waals surface area contributed by atoms with E-state index in [-0.39, 0.29) is 18.4 Å². The molecule has 4 nitrogen and oxygen atoms in total. The molecule has 15 heavy (non-hydrogen) atoms. The monoisotopic (exact) mass is 255 g/mol. The summed E-state index contributed by atoms with van der Waals surface area (Å²) in [6.07, 6.45) is 1.05. The Bertz CT molecular complexity index is 242. The van der Waals surface area contributed by atoms with Gasteiger partial charge < -0.3 is 5.11 Å². The Morgan fingerprint density at radius 3 is 2.60 bits per heavy atom. The van der Waals surface area contributed by atoms with Gasteiger partial charge in [0.15, 0.2) is 0 Å². The zero-order valence-corrected chi connectivity index (χ0v) is 11.0. The summed E-state index contributed by atoms with van der Waals surface area (Å²) in [5, 5.41) is 8.54. The number of hydrogen-bond donors (Lipinski definition) is 2. The van der Waals surface area contributed by atoms with E-state index >= 15 is 0 Å². The normalized spacial score (nSPS) is 14.1. The Balaban J connectivity index is 3.81. The minimum Gasteiger partial charge on any atom is -0.396 e. The van der Waals surface area contributed by atoms with Crippen LogP contribution in [0.2, 0.25) is 0 Å². The lowest BCUT2D eigenvalue weighted by Crippen LogP contribution is -2.36. The Hall–Kier alpha value is 0.220. The molecule has 0 saturated carbocycles. The van der Waals surface area contributed by atoms with Gasteiger partial charge in [0.1, 0.15) is 0 Å². The number of aliphatic hydroxyl groups is 1. The van der Waals surface area contributed by atoms with Gasteiger partial charge in [0, 0.05) is 18.4 Å². The van der Waals surface area contributed by atoms with Gasteiger partial charge in [0.25, 0.3) is 0 Å². The van der Waals surface area contributed by atoms with Crippen molar-refractivity contribution in [3.05, 3.63) is 0 Å². The van der Waals surface area contributed by atoms with Crippen molar-refractivity contribution in [1.82, 2.24) is 4.72 Å². The van der Waals surface area contributed by atoms with Gasteiger partial charge in [-0.05, 0) is 25.5 Å². The zero-order valence-electron chi connectivity index (χ0n) is 9.40. The van der Waals surface area contributed by atoms with E-state index in [1.807, 2.05) is 13.8 Å². The molecule has 0 saturated heterocycles. The predicted molar refractivity (Wildman–Crippen MR) is 65.7 cm³/mol. The van der Waals surface area contributed by atoms with E-state index in [0.29, 0.717) is 12.8 Å². The minimum absolute atomic E-state index is 0.0194. The first-order valence-electron chi connectivity index (χ1n) is 5.20. The lowest BCUT2D eigenvalue weighted by atomic mass is 10.4. The smallest absolute Gasteiger partial charge is 0.211 e. The van der Waals surface area contributed by atoms with E-state index in [0.717, 1.165) is 11.5 Å². The number of rotatable bonds is 9. The maximum Gasteiger partial charge on any atom is 0.211 e. The van der Waals surface area contributed by atoms with Gasteiger partial charge in [-0.15, -0.1) is 0 Å². The third kappa shape index (κ3) is 9.17. The average Bonchev–Trinajstić information content (AvgIpc) is 2.14. The van der Waals surface area contributed by atoms with E-state index in [1.54, 1.807) is 11.8 Å². The number of aliphatic hydroxyl groups excluding tert-OH is 1. The summed E-state index contributed by atoms with van der Waals surface area (Å²) >= 11 is 1.72. The summed E-state index contributed by atoms with van der Waals surface area (Å²) in [7, 11) is -3.16. The highest BCUT2D eigenvalue weighted by molar-refractivity contribution is 7.99. The maximum atomic E-state index is 11.5. The summed E-state index contributed by atoms with van der Waals surface area (Å²) in [4.78, 5) is 0. The summed E-state index contributed by atoms with van der Waals surface area (Å²) in [5.74, 6) is 1.90. The topological polar surface area (TPSA) is 66.4 Å². The molecule has 92 valence electrons. The highest BCUT2D eigenvalue weighted by Crippen LogP contribution is 2.03. The van der Waals surface area contributed by atoms with Crippen LogP contribution in [0.15, 0.2) is 0 Å². The molecule has 2 N–H and O–H groups in total. The van der Waals surface area contributed by atoms with Crippen molar-refractivity contribution in [2.24, 2.45) is 0 Å². The third-order valence-electron chi connectivity index (χ3n) is 1.77.